The quantitative estimate of drug-likeness (QED) is 0.400. The minimum Gasteiger partial charge on any atom is -0.271 e. The zero-order valence-electron chi connectivity index (χ0n) is 8.91. The van der Waals surface area contributed by atoms with Gasteiger partial charge in [-0.1, -0.05) is 12.5 Å². The Morgan fingerprint density at radius 2 is 2.29 bits per heavy atom. The normalized spacial score (nSPS) is 37.4. The van der Waals surface area contributed by atoms with Crippen LogP contribution in [0.25, 0.3) is 0 Å². The molecule has 2 heteroatoms. The lowest BCUT2D eigenvalue weighted by Gasteiger charge is -2.25. The van der Waals surface area contributed by atoms with E-state index in [2.05, 4.69) is 12.0 Å². The van der Waals surface area contributed by atoms with Gasteiger partial charge in [0.2, 0.25) is 0 Å². The molecule has 0 radical (unpaired) electrons. The van der Waals surface area contributed by atoms with E-state index in [0.29, 0.717) is 6.04 Å². The lowest BCUT2D eigenvalue weighted by molar-refractivity contribution is 0.279. The second-order valence-corrected chi connectivity index (χ2v) is 5.06. The van der Waals surface area contributed by atoms with E-state index in [1.165, 1.54) is 32.1 Å². The van der Waals surface area contributed by atoms with Gasteiger partial charge in [0.15, 0.2) is 0 Å². The van der Waals surface area contributed by atoms with Crippen LogP contribution in [0.1, 0.15) is 38.5 Å². The van der Waals surface area contributed by atoms with Crippen molar-refractivity contribution in [1.29, 1.82) is 0 Å². The van der Waals surface area contributed by atoms with Gasteiger partial charge >= 0.3 is 0 Å². The Balaban J connectivity index is 1.81. The number of nitrogens with one attached hydrogen (secondary N) is 1. The summed E-state index contributed by atoms with van der Waals surface area (Å²) in [5.41, 5.74) is 2.92. The van der Waals surface area contributed by atoms with Crippen LogP contribution in [0.15, 0.2) is 12.7 Å². The molecular formula is C12H22N2. The number of hydrogen-bond donors (Lipinski definition) is 2. The van der Waals surface area contributed by atoms with Crippen LogP contribution in [-0.4, -0.2) is 6.04 Å². The molecule has 2 rings (SSSR count). The first kappa shape index (κ1) is 10.2. The van der Waals surface area contributed by atoms with E-state index in [4.69, 9.17) is 5.84 Å². The maximum atomic E-state index is 5.54. The first-order chi connectivity index (χ1) is 6.83. The van der Waals surface area contributed by atoms with E-state index in [1.54, 1.807) is 0 Å². The van der Waals surface area contributed by atoms with Crippen LogP contribution in [0.3, 0.4) is 0 Å². The van der Waals surface area contributed by atoms with Crippen molar-refractivity contribution in [2.45, 2.75) is 44.6 Å². The number of hydrazine groups is 1. The smallest absolute Gasteiger partial charge is 0.0247 e. The van der Waals surface area contributed by atoms with Crippen molar-refractivity contribution in [2.75, 3.05) is 0 Å². The molecule has 2 aliphatic carbocycles. The molecule has 0 spiro atoms. The molecular weight excluding hydrogens is 172 g/mol. The molecule has 4 atom stereocenters. The number of rotatable bonds is 5. The largest absolute Gasteiger partial charge is 0.271 e. The molecule has 0 saturated heterocycles. The summed E-state index contributed by atoms with van der Waals surface area (Å²) in [6, 6.07) is 0.455. The highest BCUT2D eigenvalue weighted by Gasteiger charge is 2.39. The fraction of sp³-hybridized carbons (Fsp3) is 0.833. The lowest BCUT2D eigenvalue weighted by Crippen LogP contribution is -2.37. The Kier molecular flexibility index (Phi) is 3.24. The first-order valence-corrected chi connectivity index (χ1v) is 5.90. The molecule has 0 aromatic heterocycles. The summed E-state index contributed by atoms with van der Waals surface area (Å²) < 4.78 is 0. The minimum atomic E-state index is 0.455. The van der Waals surface area contributed by atoms with Gasteiger partial charge in [0.05, 0.1) is 0 Å². The zero-order chi connectivity index (χ0) is 9.97. The van der Waals surface area contributed by atoms with Gasteiger partial charge in [-0.3, -0.25) is 11.3 Å². The summed E-state index contributed by atoms with van der Waals surface area (Å²) in [5, 5.41) is 0. The standard InChI is InChI=1S/C12H22N2/c1-2-3-12(14-13)8-11-7-9-4-5-10(11)6-9/h2,9-12,14H,1,3-8,13H2. The summed E-state index contributed by atoms with van der Waals surface area (Å²) in [7, 11) is 0. The second kappa shape index (κ2) is 4.45. The molecule has 0 aromatic carbocycles. The highest BCUT2D eigenvalue weighted by molar-refractivity contribution is 4.92. The SMILES string of the molecule is C=CCC(CC1CC2CCC1C2)NN. The molecule has 2 aliphatic rings. The minimum absolute atomic E-state index is 0.455. The van der Waals surface area contributed by atoms with Crippen molar-refractivity contribution in [2.24, 2.45) is 23.6 Å². The predicted molar refractivity (Wildman–Crippen MR) is 59.5 cm³/mol. The third-order valence-electron chi connectivity index (χ3n) is 4.16. The van der Waals surface area contributed by atoms with Crippen LogP contribution in [0.5, 0.6) is 0 Å². The number of nitrogens with two attached hydrogens (primary N) is 1. The molecule has 2 saturated carbocycles. The van der Waals surface area contributed by atoms with Crippen molar-refractivity contribution in [3.05, 3.63) is 12.7 Å². The Hall–Kier alpha value is -0.340. The molecule has 4 unspecified atom stereocenters. The van der Waals surface area contributed by atoms with Crippen LogP contribution >= 0.6 is 0 Å². The maximum Gasteiger partial charge on any atom is 0.0247 e. The van der Waals surface area contributed by atoms with E-state index in [1.807, 2.05) is 6.08 Å². The molecule has 0 aliphatic heterocycles. The Labute approximate surface area is 86.9 Å². The van der Waals surface area contributed by atoms with E-state index >= 15 is 0 Å². The second-order valence-electron chi connectivity index (χ2n) is 5.06. The topological polar surface area (TPSA) is 38.0 Å². The Bertz CT molecular complexity index is 202. The summed E-state index contributed by atoms with van der Waals surface area (Å²) in [5.74, 6) is 8.54. The van der Waals surface area contributed by atoms with Crippen LogP contribution in [0.2, 0.25) is 0 Å². The van der Waals surface area contributed by atoms with Crippen molar-refractivity contribution in [3.63, 3.8) is 0 Å². The van der Waals surface area contributed by atoms with Gasteiger partial charge in [-0.15, -0.1) is 6.58 Å². The van der Waals surface area contributed by atoms with E-state index in [0.717, 1.165) is 24.2 Å². The van der Waals surface area contributed by atoms with Crippen molar-refractivity contribution in [3.8, 4) is 0 Å². The van der Waals surface area contributed by atoms with Gasteiger partial charge in [0.25, 0.3) is 0 Å². The maximum absolute atomic E-state index is 5.54. The van der Waals surface area contributed by atoms with Crippen molar-refractivity contribution >= 4 is 0 Å². The van der Waals surface area contributed by atoms with Gasteiger partial charge < -0.3 is 0 Å². The Morgan fingerprint density at radius 1 is 1.43 bits per heavy atom. The number of hydrogen-bond acceptors (Lipinski definition) is 2. The van der Waals surface area contributed by atoms with Crippen LogP contribution in [0.4, 0.5) is 0 Å². The van der Waals surface area contributed by atoms with Gasteiger partial charge in [0.1, 0.15) is 0 Å². The lowest BCUT2D eigenvalue weighted by atomic mass is 9.84. The average molecular weight is 194 g/mol. The molecule has 3 N–H and O–H groups in total. The fourth-order valence-corrected chi connectivity index (χ4v) is 3.46. The Morgan fingerprint density at radius 3 is 2.79 bits per heavy atom. The molecule has 2 bridgehead atoms. The summed E-state index contributed by atoms with van der Waals surface area (Å²) in [6.45, 7) is 3.78. The number of fused-ring (bicyclic) bond motifs is 2. The predicted octanol–water partition coefficient (Wildman–Crippen LogP) is 2.22. The molecule has 2 fully saturated rings. The summed E-state index contributed by atoms with van der Waals surface area (Å²) >= 11 is 0. The van der Waals surface area contributed by atoms with Crippen molar-refractivity contribution in [1.82, 2.24) is 5.43 Å². The zero-order valence-corrected chi connectivity index (χ0v) is 8.91. The van der Waals surface area contributed by atoms with E-state index < -0.39 is 0 Å². The third-order valence-corrected chi connectivity index (χ3v) is 4.16. The van der Waals surface area contributed by atoms with Gasteiger partial charge in [-0.05, 0) is 49.9 Å². The monoisotopic (exact) mass is 194 g/mol. The van der Waals surface area contributed by atoms with Crippen LogP contribution in [-0.2, 0) is 0 Å². The molecule has 14 heavy (non-hydrogen) atoms. The summed E-state index contributed by atoms with van der Waals surface area (Å²) in [4.78, 5) is 0. The molecule has 2 nitrogen and oxygen atoms in total. The van der Waals surface area contributed by atoms with E-state index in [9.17, 15) is 0 Å². The molecule has 80 valence electrons. The average Bonchev–Trinajstić information content (AvgIpc) is 2.78. The highest BCUT2D eigenvalue weighted by atomic mass is 15.2. The molecule has 0 amide bonds. The van der Waals surface area contributed by atoms with Gasteiger partial charge in [-0.25, -0.2) is 0 Å². The third kappa shape index (κ3) is 2.01. The van der Waals surface area contributed by atoms with E-state index in [-0.39, 0.29) is 0 Å². The van der Waals surface area contributed by atoms with Gasteiger partial charge in [-0.2, -0.15) is 0 Å². The van der Waals surface area contributed by atoms with Crippen LogP contribution in [0, 0.1) is 17.8 Å². The summed E-state index contributed by atoms with van der Waals surface area (Å²) in [6.07, 6.45) is 10.1. The van der Waals surface area contributed by atoms with Crippen molar-refractivity contribution < 1.29 is 0 Å². The first-order valence-electron chi connectivity index (χ1n) is 5.90. The fourth-order valence-electron chi connectivity index (χ4n) is 3.46. The molecule has 0 heterocycles. The van der Waals surface area contributed by atoms with Crippen LogP contribution < -0.4 is 11.3 Å². The highest BCUT2D eigenvalue weighted by Crippen LogP contribution is 2.49. The van der Waals surface area contributed by atoms with Gasteiger partial charge in [0, 0.05) is 6.04 Å². The molecule has 0 aromatic rings.